The van der Waals surface area contributed by atoms with Crippen molar-refractivity contribution in [1.82, 2.24) is 14.8 Å². The zero-order valence-corrected chi connectivity index (χ0v) is 18.9. The van der Waals surface area contributed by atoms with Crippen molar-refractivity contribution in [3.63, 3.8) is 0 Å². The van der Waals surface area contributed by atoms with Gasteiger partial charge in [0.05, 0.1) is 27.4 Å². The van der Waals surface area contributed by atoms with Crippen LogP contribution in [-0.2, 0) is 21.2 Å². The molecule has 4 aromatic rings. The summed E-state index contributed by atoms with van der Waals surface area (Å²) in [5, 5.41) is 4.54. The van der Waals surface area contributed by atoms with Gasteiger partial charge in [0, 0.05) is 25.4 Å². The van der Waals surface area contributed by atoms with E-state index in [0.29, 0.717) is 21.9 Å². The average molecular weight is 473 g/mol. The number of sulfone groups is 1. The summed E-state index contributed by atoms with van der Waals surface area (Å²) < 4.78 is 41.3. The number of nitrogens with zero attached hydrogens (tertiary/aromatic N) is 4. The van der Waals surface area contributed by atoms with Gasteiger partial charge in [0.25, 0.3) is 0 Å². The molecule has 2 aromatic heterocycles. The standard InChI is InChI=1S/C22H21FN4O3S2/c1-16-3-6-18(7-4-16)32(29,30)14-9-21(28)27(13-12-26-11-2-10-24-26)22-25-19-8-5-17(23)15-20(19)31-22/h2-8,10-11,15H,9,12-14H2,1H3. The lowest BCUT2D eigenvalue weighted by atomic mass is 10.2. The van der Waals surface area contributed by atoms with E-state index in [2.05, 4.69) is 10.1 Å². The largest absolute Gasteiger partial charge is 0.286 e. The third-order valence-electron chi connectivity index (χ3n) is 4.95. The van der Waals surface area contributed by atoms with Crippen LogP contribution in [0.25, 0.3) is 10.2 Å². The molecule has 2 aromatic carbocycles. The second-order valence-corrected chi connectivity index (χ2v) is 10.4. The monoisotopic (exact) mass is 472 g/mol. The molecule has 0 saturated carbocycles. The number of thiazole rings is 1. The van der Waals surface area contributed by atoms with E-state index in [0.717, 1.165) is 5.56 Å². The van der Waals surface area contributed by atoms with Gasteiger partial charge < -0.3 is 0 Å². The molecule has 0 spiro atoms. The van der Waals surface area contributed by atoms with Crippen LogP contribution in [0.2, 0.25) is 0 Å². The van der Waals surface area contributed by atoms with Gasteiger partial charge in [-0.05, 0) is 43.3 Å². The van der Waals surface area contributed by atoms with E-state index < -0.39 is 9.84 Å². The van der Waals surface area contributed by atoms with Crippen molar-refractivity contribution in [2.45, 2.75) is 24.8 Å². The minimum absolute atomic E-state index is 0.189. The van der Waals surface area contributed by atoms with Crippen molar-refractivity contribution in [3.8, 4) is 0 Å². The van der Waals surface area contributed by atoms with E-state index in [-0.39, 0.29) is 35.3 Å². The zero-order valence-electron chi connectivity index (χ0n) is 17.3. The molecule has 10 heteroatoms. The van der Waals surface area contributed by atoms with Crippen molar-refractivity contribution in [2.24, 2.45) is 0 Å². The van der Waals surface area contributed by atoms with E-state index in [1.54, 1.807) is 53.5 Å². The predicted molar refractivity (Wildman–Crippen MR) is 122 cm³/mol. The number of halogens is 1. The van der Waals surface area contributed by atoms with E-state index >= 15 is 0 Å². The molecular formula is C22H21FN4O3S2. The van der Waals surface area contributed by atoms with Crippen molar-refractivity contribution in [3.05, 3.63) is 72.3 Å². The van der Waals surface area contributed by atoms with Gasteiger partial charge in [0.2, 0.25) is 5.91 Å². The molecule has 0 aliphatic carbocycles. The topological polar surface area (TPSA) is 85.2 Å². The Balaban J connectivity index is 1.55. The van der Waals surface area contributed by atoms with Gasteiger partial charge in [-0.1, -0.05) is 29.0 Å². The summed E-state index contributed by atoms with van der Waals surface area (Å²) in [6, 6.07) is 12.6. The number of anilines is 1. The SMILES string of the molecule is Cc1ccc(S(=O)(=O)CCC(=O)N(CCn2cccn2)c2nc3ccc(F)cc3s2)cc1. The summed E-state index contributed by atoms with van der Waals surface area (Å²) in [7, 11) is -3.61. The van der Waals surface area contributed by atoms with Crippen LogP contribution in [0.3, 0.4) is 0 Å². The van der Waals surface area contributed by atoms with Crippen molar-refractivity contribution in [1.29, 1.82) is 0 Å². The first kappa shape index (κ1) is 22.1. The summed E-state index contributed by atoms with van der Waals surface area (Å²) in [5.74, 6) is -1.06. The summed E-state index contributed by atoms with van der Waals surface area (Å²) in [6.45, 7) is 2.54. The molecule has 0 N–H and O–H groups in total. The summed E-state index contributed by atoms with van der Waals surface area (Å²) in [4.78, 5) is 19.2. The number of hydrogen-bond donors (Lipinski definition) is 0. The Morgan fingerprint density at radius 1 is 1.19 bits per heavy atom. The number of carbonyl (C=O) groups is 1. The van der Waals surface area contributed by atoms with E-state index in [4.69, 9.17) is 0 Å². The van der Waals surface area contributed by atoms with Crippen molar-refractivity contribution < 1.29 is 17.6 Å². The molecular weight excluding hydrogens is 451 g/mol. The van der Waals surface area contributed by atoms with Gasteiger partial charge in [-0.15, -0.1) is 0 Å². The molecule has 0 saturated heterocycles. The number of aromatic nitrogens is 3. The van der Waals surface area contributed by atoms with Crippen LogP contribution >= 0.6 is 11.3 Å². The van der Waals surface area contributed by atoms with Crippen LogP contribution in [0.1, 0.15) is 12.0 Å². The fourth-order valence-corrected chi connectivity index (χ4v) is 5.45. The van der Waals surface area contributed by atoms with E-state index in [9.17, 15) is 17.6 Å². The molecule has 0 atom stereocenters. The van der Waals surface area contributed by atoms with Crippen LogP contribution in [-0.4, -0.2) is 41.4 Å². The molecule has 4 rings (SSSR count). The maximum atomic E-state index is 13.6. The highest BCUT2D eigenvalue weighted by Gasteiger charge is 2.23. The Morgan fingerprint density at radius 2 is 1.97 bits per heavy atom. The third-order valence-corrected chi connectivity index (χ3v) is 7.72. The normalized spacial score (nSPS) is 11.7. The van der Waals surface area contributed by atoms with Crippen LogP contribution in [0, 0.1) is 12.7 Å². The van der Waals surface area contributed by atoms with Gasteiger partial charge in [-0.25, -0.2) is 17.8 Å². The number of rotatable bonds is 8. The van der Waals surface area contributed by atoms with Crippen molar-refractivity contribution in [2.75, 3.05) is 17.2 Å². The Morgan fingerprint density at radius 3 is 2.69 bits per heavy atom. The summed E-state index contributed by atoms with van der Waals surface area (Å²) in [6.07, 6.45) is 3.22. The van der Waals surface area contributed by atoms with E-state index in [1.807, 2.05) is 6.92 Å². The molecule has 0 fully saturated rings. The fourth-order valence-electron chi connectivity index (χ4n) is 3.18. The zero-order chi connectivity index (χ0) is 22.7. The smallest absolute Gasteiger partial charge is 0.229 e. The molecule has 0 aliphatic heterocycles. The number of aryl methyl sites for hydroxylation is 1. The second kappa shape index (κ2) is 9.17. The average Bonchev–Trinajstić information content (AvgIpc) is 3.42. The first-order chi connectivity index (χ1) is 15.3. The lowest BCUT2D eigenvalue weighted by Crippen LogP contribution is -2.35. The molecule has 0 unspecified atom stereocenters. The Hall–Kier alpha value is -3.11. The van der Waals surface area contributed by atoms with Crippen LogP contribution in [0.4, 0.5) is 9.52 Å². The van der Waals surface area contributed by atoms with Gasteiger partial charge >= 0.3 is 0 Å². The molecule has 0 radical (unpaired) electrons. The van der Waals surface area contributed by atoms with Crippen LogP contribution in [0.15, 0.2) is 65.8 Å². The number of hydrogen-bond acceptors (Lipinski definition) is 6. The Labute approximate surface area is 189 Å². The number of carbonyl (C=O) groups excluding carboxylic acids is 1. The van der Waals surface area contributed by atoms with Gasteiger partial charge in [-0.3, -0.25) is 14.4 Å². The molecule has 7 nitrogen and oxygen atoms in total. The highest BCUT2D eigenvalue weighted by molar-refractivity contribution is 7.91. The molecule has 166 valence electrons. The first-order valence-corrected chi connectivity index (χ1v) is 12.4. The predicted octanol–water partition coefficient (Wildman–Crippen LogP) is 3.84. The molecule has 0 aliphatic rings. The van der Waals surface area contributed by atoms with Gasteiger partial charge in [0.1, 0.15) is 5.82 Å². The molecule has 32 heavy (non-hydrogen) atoms. The summed E-state index contributed by atoms with van der Waals surface area (Å²) in [5.41, 5.74) is 1.53. The third kappa shape index (κ3) is 5.03. The van der Waals surface area contributed by atoms with Crippen molar-refractivity contribution >= 4 is 42.4 Å². The van der Waals surface area contributed by atoms with Gasteiger partial charge in [0.15, 0.2) is 15.0 Å². The van der Waals surface area contributed by atoms with E-state index in [1.165, 1.54) is 28.4 Å². The summed E-state index contributed by atoms with van der Waals surface area (Å²) >= 11 is 1.19. The number of amides is 1. The lowest BCUT2D eigenvalue weighted by Gasteiger charge is -2.20. The van der Waals surface area contributed by atoms with Crippen LogP contribution < -0.4 is 4.90 Å². The maximum Gasteiger partial charge on any atom is 0.229 e. The van der Waals surface area contributed by atoms with Gasteiger partial charge in [-0.2, -0.15) is 5.10 Å². The van der Waals surface area contributed by atoms with Crippen LogP contribution in [0.5, 0.6) is 0 Å². The highest BCUT2D eigenvalue weighted by atomic mass is 32.2. The Bertz CT molecular complexity index is 1330. The quantitative estimate of drug-likeness (QED) is 0.389. The second-order valence-electron chi connectivity index (χ2n) is 7.30. The fraction of sp³-hybridized carbons (Fsp3) is 0.227. The molecule has 1 amide bonds. The molecule has 2 heterocycles. The first-order valence-electron chi connectivity index (χ1n) is 9.95. The molecule has 0 bridgehead atoms. The minimum atomic E-state index is -3.61. The lowest BCUT2D eigenvalue weighted by molar-refractivity contribution is -0.118. The maximum absolute atomic E-state index is 13.6. The highest BCUT2D eigenvalue weighted by Crippen LogP contribution is 2.30. The number of benzene rings is 2. The Kier molecular flexibility index (Phi) is 6.33. The number of fused-ring (bicyclic) bond motifs is 1. The minimum Gasteiger partial charge on any atom is -0.286 e.